The molecule has 1 aromatic rings. The standard InChI is InChI=1S/C11H18N2O3S/c1-9(7-16-2)13-11-5-3-10(4-6-11)8-17(12,14)15/h3-6,9,13H,7-8H2,1-2H3,(H2,12,14,15). The van der Waals surface area contributed by atoms with E-state index in [1.54, 1.807) is 19.2 Å². The highest BCUT2D eigenvalue weighted by Crippen LogP contribution is 2.12. The first-order valence-electron chi connectivity index (χ1n) is 5.25. The van der Waals surface area contributed by atoms with E-state index in [1.807, 2.05) is 19.1 Å². The highest BCUT2D eigenvalue weighted by molar-refractivity contribution is 7.88. The number of primary sulfonamides is 1. The van der Waals surface area contributed by atoms with Crippen LogP contribution in [0.4, 0.5) is 5.69 Å². The van der Waals surface area contributed by atoms with Crippen LogP contribution in [0.15, 0.2) is 24.3 Å². The number of sulfonamides is 1. The minimum Gasteiger partial charge on any atom is -0.383 e. The van der Waals surface area contributed by atoms with Gasteiger partial charge in [-0.3, -0.25) is 0 Å². The molecule has 0 amide bonds. The first-order valence-corrected chi connectivity index (χ1v) is 6.97. The topological polar surface area (TPSA) is 81.4 Å². The summed E-state index contributed by atoms with van der Waals surface area (Å²) in [4.78, 5) is 0. The molecule has 1 unspecified atom stereocenters. The average molecular weight is 258 g/mol. The second-order valence-corrected chi connectivity index (χ2v) is 5.62. The molecule has 0 aromatic heterocycles. The van der Waals surface area contributed by atoms with Crippen LogP contribution in [-0.2, 0) is 20.5 Å². The maximum absolute atomic E-state index is 10.9. The van der Waals surface area contributed by atoms with Gasteiger partial charge in [0, 0.05) is 18.8 Å². The zero-order valence-corrected chi connectivity index (χ0v) is 10.8. The van der Waals surface area contributed by atoms with Crippen molar-refractivity contribution in [1.82, 2.24) is 0 Å². The summed E-state index contributed by atoms with van der Waals surface area (Å²) in [5.41, 5.74) is 1.60. The van der Waals surface area contributed by atoms with Gasteiger partial charge in [-0.25, -0.2) is 13.6 Å². The lowest BCUT2D eigenvalue weighted by Crippen LogP contribution is -2.20. The lowest BCUT2D eigenvalue weighted by Gasteiger charge is -2.14. The molecule has 0 saturated carbocycles. The molecule has 17 heavy (non-hydrogen) atoms. The van der Waals surface area contributed by atoms with Crippen molar-refractivity contribution < 1.29 is 13.2 Å². The Morgan fingerprint density at radius 1 is 1.35 bits per heavy atom. The molecule has 0 bridgehead atoms. The maximum atomic E-state index is 10.9. The molecule has 0 aliphatic heterocycles. The molecule has 0 spiro atoms. The fourth-order valence-electron chi connectivity index (χ4n) is 1.51. The van der Waals surface area contributed by atoms with E-state index in [-0.39, 0.29) is 11.8 Å². The normalized spacial score (nSPS) is 13.4. The van der Waals surface area contributed by atoms with Crippen LogP contribution in [0.1, 0.15) is 12.5 Å². The molecule has 3 N–H and O–H groups in total. The van der Waals surface area contributed by atoms with Gasteiger partial charge in [0.25, 0.3) is 0 Å². The van der Waals surface area contributed by atoms with Gasteiger partial charge in [0.05, 0.1) is 12.4 Å². The first kappa shape index (κ1) is 14.0. The van der Waals surface area contributed by atoms with Gasteiger partial charge >= 0.3 is 0 Å². The first-order chi connectivity index (χ1) is 7.90. The zero-order valence-electron chi connectivity index (χ0n) is 10.0. The number of rotatable bonds is 6. The number of benzene rings is 1. The summed E-state index contributed by atoms with van der Waals surface area (Å²) < 4.78 is 26.8. The molecule has 0 radical (unpaired) electrons. The monoisotopic (exact) mass is 258 g/mol. The summed E-state index contributed by atoms with van der Waals surface area (Å²) in [6.07, 6.45) is 0. The van der Waals surface area contributed by atoms with Crippen LogP contribution >= 0.6 is 0 Å². The Labute approximate surface area is 102 Å². The van der Waals surface area contributed by atoms with E-state index in [4.69, 9.17) is 9.88 Å². The van der Waals surface area contributed by atoms with Gasteiger partial charge in [0.15, 0.2) is 0 Å². The van der Waals surface area contributed by atoms with Gasteiger partial charge in [-0.1, -0.05) is 12.1 Å². The quantitative estimate of drug-likeness (QED) is 0.795. The minimum absolute atomic E-state index is 0.138. The molecule has 5 nitrogen and oxygen atoms in total. The summed E-state index contributed by atoms with van der Waals surface area (Å²) in [6, 6.07) is 7.34. The fraction of sp³-hybridized carbons (Fsp3) is 0.455. The minimum atomic E-state index is -3.46. The van der Waals surface area contributed by atoms with Crippen molar-refractivity contribution in [1.29, 1.82) is 0 Å². The average Bonchev–Trinajstić information content (AvgIpc) is 2.19. The zero-order chi connectivity index (χ0) is 12.9. The van der Waals surface area contributed by atoms with Crippen LogP contribution < -0.4 is 10.5 Å². The van der Waals surface area contributed by atoms with Crippen molar-refractivity contribution in [3.05, 3.63) is 29.8 Å². The van der Waals surface area contributed by atoms with Gasteiger partial charge in [-0.15, -0.1) is 0 Å². The predicted molar refractivity (Wildman–Crippen MR) is 68.2 cm³/mol. The van der Waals surface area contributed by atoms with Gasteiger partial charge < -0.3 is 10.1 Å². The van der Waals surface area contributed by atoms with Gasteiger partial charge in [-0.2, -0.15) is 0 Å². The Bertz CT molecular complexity index is 442. The second kappa shape index (κ2) is 6.00. The third kappa shape index (κ3) is 5.67. The third-order valence-corrected chi connectivity index (χ3v) is 2.89. The lowest BCUT2D eigenvalue weighted by molar-refractivity contribution is 0.190. The summed E-state index contributed by atoms with van der Waals surface area (Å²) in [7, 11) is -1.82. The predicted octanol–water partition coefficient (Wildman–Crippen LogP) is 0.922. The van der Waals surface area contributed by atoms with E-state index >= 15 is 0 Å². The van der Waals surface area contributed by atoms with Crippen molar-refractivity contribution >= 4 is 15.7 Å². The number of anilines is 1. The highest BCUT2D eigenvalue weighted by atomic mass is 32.2. The molecular formula is C11H18N2O3S. The number of nitrogens with two attached hydrogens (primary N) is 1. The van der Waals surface area contributed by atoms with E-state index in [9.17, 15) is 8.42 Å². The molecule has 0 heterocycles. The van der Waals surface area contributed by atoms with Crippen LogP contribution in [0.25, 0.3) is 0 Å². The maximum Gasteiger partial charge on any atom is 0.213 e. The van der Waals surface area contributed by atoms with Crippen molar-refractivity contribution in [2.75, 3.05) is 19.0 Å². The second-order valence-electron chi connectivity index (χ2n) is 4.00. The van der Waals surface area contributed by atoms with Gasteiger partial charge in [0.1, 0.15) is 0 Å². The van der Waals surface area contributed by atoms with Crippen LogP contribution in [0, 0.1) is 0 Å². The SMILES string of the molecule is COCC(C)Nc1ccc(CS(N)(=O)=O)cc1. The smallest absolute Gasteiger partial charge is 0.213 e. The number of nitrogens with one attached hydrogen (secondary N) is 1. The number of hydrogen-bond acceptors (Lipinski definition) is 4. The van der Waals surface area contributed by atoms with Crippen LogP contribution in [0.3, 0.4) is 0 Å². The molecule has 96 valence electrons. The van der Waals surface area contributed by atoms with Crippen LogP contribution in [0.2, 0.25) is 0 Å². The number of methoxy groups -OCH3 is 1. The summed E-state index contributed by atoms with van der Waals surface area (Å²) >= 11 is 0. The molecule has 0 aliphatic carbocycles. The number of ether oxygens (including phenoxy) is 1. The molecule has 1 rings (SSSR count). The third-order valence-electron chi connectivity index (χ3n) is 2.15. The Balaban J connectivity index is 2.62. The van der Waals surface area contributed by atoms with Gasteiger partial charge in [0.2, 0.25) is 10.0 Å². The summed E-state index contributed by atoms with van der Waals surface area (Å²) in [5.74, 6) is -0.138. The lowest BCUT2D eigenvalue weighted by atomic mass is 10.2. The molecule has 0 saturated heterocycles. The Hall–Kier alpha value is -1.11. The van der Waals surface area contributed by atoms with Crippen molar-refractivity contribution in [3.8, 4) is 0 Å². The molecule has 6 heteroatoms. The largest absolute Gasteiger partial charge is 0.383 e. The highest BCUT2D eigenvalue weighted by Gasteiger charge is 2.05. The number of hydrogen-bond donors (Lipinski definition) is 2. The van der Waals surface area contributed by atoms with Crippen LogP contribution in [0.5, 0.6) is 0 Å². The molecule has 0 fully saturated rings. The molecule has 1 atom stereocenters. The van der Waals surface area contributed by atoms with Crippen molar-refractivity contribution in [3.63, 3.8) is 0 Å². The van der Waals surface area contributed by atoms with E-state index < -0.39 is 10.0 Å². The van der Waals surface area contributed by atoms with E-state index in [0.29, 0.717) is 12.2 Å². The molecule has 0 aliphatic rings. The van der Waals surface area contributed by atoms with E-state index in [0.717, 1.165) is 5.69 Å². The van der Waals surface area contributed by atoms with E-state index in [2.05, 4.69) is 5.32 Å². The Kier molecular flexibility index (Phi) is 4.92. The Morgan fingerprint density at radius 2 is 1.94 bits per heavy atom. The Morgan fingerprint density at radius 3 is 2.41 bits per heavy atom. The summed E-state index contributed by atoms with van der Waals surface area (Å²) in [5, 5.41) is 8.19. The fourth-order valence-corrected chi connectivity index (χ4v) is 2.16. The molecule has 1 aromatic carbocycles. The van der Waals surface area contributed by atoms with Gasteiger partial charge in [-0.05, 0) is 24.6 Å². The molecular weight excluding hydrogens is 240 g/mol. The van der Waals surface area contributed by atoms with Crippen molar-refractivity contribution in [2.45, 2.75) is 18.7 Å². The summed E-state index contributed by atoms with van der Waals surface area (Å²) in [6.45, 7) is 2.61. The van der Waals surface area contributed by atoms with Crippen LogP contribution in [-0.4, -0.2) is 28.2 Å². The van der Waals surface area contributed by atoms with E-state index in [1.165, 1.54) is 0 Å². The van der Waals surface area contributed by atoms with Crippen molar-refractivity contribution in [2.24, 2.45) is 5.14 Å².